The Hall–Kier alpha value is -0.240. The van der Waals surface area contributed by atoms with E-state index in [1.165, 1.54) is 42.2 Å². The van der Waals surface area contributed by atoms with E-state index in [0.29, 0.717) is 0 Å². The second-order valence-corrected chi connectivity index (χ2v) is 6.66. The van der Waals surface area contributed by atoms with Gasteiger partial charge in [-0.15, -0.1) is 0 Å². The highest BCUT2D eigenvalue weighted by atomic mass is 32.2. The second-order valence-electron chi connectivity index (χ2n) is 4.04. The van der Waals surface area contributed by atoms with Crippen molar-refractivity contribution in [1.82, 2.24) is 0 Å². The molecular weight excluding hydrogens is 190 g/mol. The molecule has 0 saturated heterocycles. The lowest BCUT2D eigenvalue weighted by Gasteiger charge is -2.17. The Kier molecular flexibility index (Phi) is 4.73. The molecule has 0 aromatic heterocycles. The Morgan fingerprint density at radius 3 is 2.29 bits per heavy atom. The van der Waals surface area contributed by atoms with Gasteiger partial charge >= 0.3 is 0 Å². The first-order valence-corrected chi connectivity index (χ1v) is 7.19. The van der Waals surface area contributed by atoms with Crippen LogP contribution in [0, 0.1) is 0 Å². The molecule has 1 atom stereocenters. The zero-order valence-electron chi connectivity index (χ0n) is 9.93. The van der Waals surface area contributed by atoms with Gasteiger partial charge in [0.15, 0.2) is 0 Å². The van der Waals surface area contributed by atoms with Crippen LogP contribution in [-0.4, -0.2) is 10.8 Å². The number of allylic oxidation sites excluding steroid dienone is 2. The third-order valence-corrected chi connectivity index (χ3v) is 5.66. The number of rotatable bonds is 5. The maximum Gasteiger partial charge on any atom is 0.0546 e. The number of thiol groups is 1. The molecule has 1 unspecified atom stereocenters. The lowest BCUT2D eigenvalue weighted by atomic mass is 10.2. The Balaban J connectivity index is 2.35. The van der Waals surface area contributed by atoms with Crippen molar-refractivity contribution >= 4 is 15.9 Å². The molecule has 1 aliphatic heterocycles. The van der Waals surface area contributed by atoms with Crippen LogP contribution in [0.4, 0.5) is 0 Å². The van der Waals surface area contributed by atoms with Crippen LogP contribution < -0.4 is 0 Å². The molecule has 1 nitrogen and oxygen atoms in total. The molecule has 2 heteroatoms. The summed E-state index contributed by atoms with van der Waals surface area (Å²) in [6, 6.07) is 0. The van der Waals surface area contributed by atoms with Crippen molar-refractivity contribution in [2.75, 3.05) is 5.75 Å². The number of hydrogen-bond donors (Lipinski definition) is 1. The van der Waals surface area contributed by atoms with E-state index in [1.54, 1.807) is 4.91 Å². The molecule has 0 saturated carbocycles. The van der Waals surface area contributed by atoms with Gasteiger partial charge in [-0.25, -0.2) is 0 Å². The van der Waals surface area contributed by atoms with Gasteiger partial charge in [0.1, 0.15) is 0 Å². The summed E-state index contributed by atoms with van der Waals surface area (Å²) >= 11 is 0. The van der Waals surface area contributed by atoms with Crippen LogP contribution in [0.1, 0.15) is 53.4 Å². The monoisotopic (exact) mass is 213 g/mol. The number of nitrogens with zero attached hydrogens (tertiary/aromatic N) is 1. The minimum absolute atomic E-state index is 0.00612. The quantitative estimate of drug-likeness (QED) is 0.518. The molecule has 0 aromatic carbocycles. The van der Waals surface area contributed by atoms with Gasteiger partial charge in [0.25, 0.3) is 0 Å². The topological polar surface area (TPSA) is 12.4 Å². The molecule has 0 amide bonds. The van der Waals surface area contributed by atoms with Crippen molar-refractivity contribution in [2.45, 2.75) is 53.4 Å². The van der Waals surface area contributed by atoms with E-state index in [4.69, 9.17) is 0 Å². The van der Waals surface area contributed by atoms with Crippen LogP contribution >= 0.6 is 10.9 Å². The fraction of sp³-hybridized carbons (Fsp3) is 0.750. The Bertz CT molecular complexity index is 253. The first-order valence-electron chi connectivity index (χ1n) is 5.67. The summed E-state index contributed by atoms with van der Waals surface area (Å²) < 4.78 is 0. The van der Waals surface area contributed by atoms with E-state index in [0.717, 1.165) is 0 Å². The standard InChI is InChI=1S/C12H23NS/c1-5-6-7-8-9-14-11(3)10(2)13-12(14)4/h14H,5-9H2,1-4H3. The molecule has 0 aromatic rings. The number of aliphatic imine (C=N–C) groups is 1. The summed E-state index contributed by atoms with van der Waals surface area (Å²) in [5, 5.41) is 1.39. The zero-order valence-corrected chi connectivity index (χ0v) is 10.8. The van der Waals surface area contributed by atoms with Gasteiger partial charge in [0.2, 0.25) is 0 Å². The predicted octanol–water partition coefficient (Wildman–Crippen LogP) is 4.25. The van der Waals surface area contributed by atoms with Crippen molar-refractivity contribution in [3.63, 3.8) is 0 Å². The highest BCUT2D eigenvalue weighted by Gasteiger charge is 2.17. The summed E-state index contributed by atoms with van der Waals surface area (Å²) in [4.78, 5) is 6.14. The van der Waals surface area contributed by atoms with Gasteiger partial charge in [-0.3, -0.25) is 4.99 Å². The largest absolute Gasteiger partial charge is 0.252 e. The van der Waals surface area contributed by atoms with E-state index in [-0.39, 0.29) is 10.9 Å². The smallest absolute Gasteiger partial charge is 0.0546 e. The van der Waals surface area contributed by atoms with Crippen LogP contribution in [0.2, 0.25) is 0 Å². The Morgan fingerprint density at radius 2 is 1.79 bits per heavy atom. The van der Waals surface area contributed by atoms with E-state index in [2.05, 4.69) is 32.7 Å². The summed E-state index contributed by atoms with van der Waals surface area (Å²) in [5.41, 5.74) is 1.28. The highest BCUT2D eigenvalue weighted by Crippen LogP contribution is 2.44. The SMILES string of the molecule is CCCCCC[SH]1C(C)=NC(C)=C1C. The minimum atomic E-state index is 0.00612. The van der Waals surface area contributed by atoms with Gasteiger partial charge in [-0.2, -0.15) is 10.9 Å². The maximum absolute atomic E-state index is 4.58. The number of hydrogen-bond acceptors (Lipinski definition) is 1. The van der Waals surface area contributed by atoms with Crippen molar-refractivity contribution < 1.29 is 0 Å². The lowest BCUT2D eigenvalue weighted by Crippen LogP contribution is -1.96. The minimum Gasteiger partial charge on any atom is -0.252 e. The molecule has 0 N–H and O–H groups in total. The third-order valence-electron chi connectivity index (χ3n) is 2.88. The van der Waals surface area contributed by atoms with Crippen LogP contribution in [-0.2, 0) is 0 Å². The van der Waals surface area contributed by atoms with Gasteiger partial charge in [-0.05, 0) is 37.9 Å². The molecule has 0 spiro atoms. The Morgan fingerprint density at radius 1 is 1.07 bits per heavy atom. The first kappa shape index (κ1) is 11.8. The van der Waals surface area contributed by atoms with Crippen molar-refractivity contribution in [3.8, 4) is 0 Å². The van der Waals surface area contributed by atoms with Crippen LogP contribution in [0.15, 0.2) is 15.6 Å². The molecular formula is C12H23NS. The van der Waals surface area contributed by atoms with Crippen LogP contribution in [0.25, 0.3) is 0 Å². The first-order chi connectivity index (χ1) is 6.66. The molecule has 0 bridgehead atoms. The van der Waals surface area contributed by atoms with E-state index >= 15 is 0 Å². The third kappa shape index (κ3) is 2.88. The second kappa shape index (κ2) is 5.59. The summed E-state index contributed by atoms with van der Waals surface area (Å²) in [7, 11) is 0.00612. The maximum atomic E-state index is 4.58. The number of unbranched alkanes of at least 4 members (excludes halogenated alkanes) is 3. The normalized spacial score (nSPS) is 24.3. The van der Waals surface area contributed by atoms with Crippen molar-refractivity contribution in [1.29, 1.82) is 0 Å². The van der Waals surface area contributed by atoms with E-state index in [1.807, 2.05) is 0 Å². The van der Waals surface area contributed by atoms with Crippen LogP contribution in [0.3, 0.4) is 0 Å². The van der Waals surface area contributed by atoms with Gasteiger partial charge in [-0.1, -0.05) is 26.2 Å². The Labute approximate surface area is 91.0 Å². The molecule has 14 heavy (non-hydrogen) atoms. The molecule has 0 radical (unpaired) electrons. The van der Waals surface area contributed by atoms with Gasteiger partial charge < -0.3 is 0 Å². The molecule has 1 aliphatic rings. The van der Waals surface area contributed by atoms with Gasteiger partial charge in [0, 0.05) is 5.70 Å². The van der Waals surface area contributed by atoms with Gasteiger partial charge in [0.05, 0.1) is 5.04 Å². The van der Waals surface area contributed by atoms with E-state index in [9.17, 15) is 0 Å². The fourth-order valence-electron chi connectivity index (χ4n) is 1.85. The zero-order chi connectivity index (χ0) is 10.6. The molecule has 82 valence electrons. The average Bonchev–Trinajstić information content (AvgIpc) is 2.38. The molecule has 1 heterocycles. The predicted molar refractivity (Wildman–Crippen MR) is 69.5 cm³/mol. The average molecular weight is 213 g/mol. The summed E-state index contributed by atoms with van der Waals surface area (Å²) in [6.45, 7) is 8.88. The van der Waals surface area contributed by atoms with Crippen molar-refractivity contribution in [3.05, 3.63) is 10.6 Å². The summed E-state index contributed by atoms with van der Waals surface area (Å²) in [5.74, 6) is 1.37. The lowest BCUT2D eigenvalue weighted by molar-refractivity contribution is 0.706. The molecule has 1 rings (SSSR count). The van der Waals surface area contributed by atoms with Crippen molar-refractivity contribution in [2.24, 2.45) is 4.99 Å². The fourth-order valence-corrected chi connectivity index (χ4v) is 4.24. The highest BCUT2D eigenvalue weighted by molar-refractivity contribution is 8.33. The summed E-state index contributed by atoms with van der Waals surface area (Å²) in [6.07, 6.45) is 5.51. The van der Waals surface area contributed by atoms with E-state index < -0.39 is 0 Å². The molecule has 0 fully saturated rings. The van der Waals surface area contributed by atoms with Crippen LogP contribution in [0.5, 0.6) is 0 Å². The molecule has 0 aliphatic carbocycles.